The van der Waals surface area contributed by atoms with Crippen molar-refractivity contribution < 1.29 is 17.7 Å². The van der Waals surface area contributed by atoms with Crippen molar-refractivity contribution in [3.8, 4) is 0 Å². The van der Waals surface area contributed by atoms with Crippen LogP contribution in [-0.2, 0) is 16.5 Å². The average Bonchev–Trinajstić information content (AvgIpc) is 3.19. The molecule has 1 N–H and O–H groups in total. The fourth-order valence-corrected chi connectivity index (χ4v) is 5.59. The van der Waals surface area contributed by atoms with Crippen LogP contribution in [0, 0.1) is 4.84 Å². The molecule has 2 saturated heterocycles. The third-order valence-corrected chi connectivity index (χ3v) is 7.23. The van der Waals surface area contributed by atoms with Gasteiger partial charge in [-0.15, -0.1) is 5.10 Å². The van der Waals surface area contributed by atoms with Gasteiger partial charge in [0.15, 0.2) is 16.5 Å². The highest BCUT2D eigenvalue weighted by Gasteiger charge is 2.33. The lowest BCUT2D eigenvalue weighted by Crippen LogP contribution is -3.14. The molecule has 0 radical (unpaired) electrons. The molecule has 140 valence electrons. The number of quaternary nitrogens is 1. The van der Waals surface area contributed by atoms with E-state index in [1.807, 2.05) is 6.07 Å². The number of para-hydroxylation sites is 1. The Labute approximate surface area is 158 Å². The molecular weight excluding hydrogens is 372 g/mol. The van der Waals surface area contributed by atoms with Crippen molar-refractivity contribution in [2.24, 2.45) is 0 Å². The van der Waals surface area contributed by atoms with Crippen LogP contribution >= 0.6 is 12.2 Å². The number of nitrogens with zero attached hydrogens (tertiary/aromatic N) is 3. The standard InChI is InChI=1S/C17H22N4O3S2/c22-26(23)11-6-14(12-26)16-18-21(17(25)24-16)13-19-7-9-20(10-8-19)15-4-2-1-3-5-15/h1-5,14H,6-13H2/p+1/t14-/m0/s1. The summed E-state index contributed by atoms with van der Waals surface area (Å²) in [7, 11) is -2.96. The van der Waals surface area contributed by atoms with Gasteiger partial charge in [0, 0.05) is 5.69 Å². The lowest BCUT2D eigenvalue weighted by Gasteiger charge is -2.33. The van der Waals surface area contributed by atoms with Gasteiger partial charge in [0.05, 0.1) is 43.6 Å². The molecule has 1 aromatic carbocycles. The van der Waals surface area contributed by atoms with Gasteiger partial charge in [-0.1, -0.05) is 18.2 Å². The first kappa shape index (κ1) is 17.7. The molecule has 0 bridgehead atoms. The number of sulfone groups is 1. The fourth-order valence-electron chi connectivity index (χ4n) is 3.67. The van der Waals surface area contributed by atoms with E-state index in [9.17, 15) is 8.42 Å². The summed E-state index contributed by atoms with van der Waals surface area (Å²) in [4.78, 5) is 4.12. The van der Waals surface area contributed by atoms with Crippen LogP contribution in [0.4, 0.5) is 5.69 Å². The Morgan fingerprint density at radius 2 is 1.96 bits per heavy atom. The van der Waals surface area contributed by atoms with E-state index < -0.39 is 9.84 Å². The highest BCUT2D eigenvalue weighted by Crippen LogP contribution is 2.27. The first-order chi connectivity index (χ1) is 12.5. The zero-order chi connectivity index (χ0) is 18.1. The molecule has 0 aliphatic carbocycles. The highest BCUT2D eigenvalue weighted by molar-refractivity contribution is 7.91. The molecular formula is C17H23N4O3S2+. The van der Waals surface area contributed by atoms with E-state index in [0.29, 0.717) is 23.8 Å². The van der Waals surface area contributed by atoms with Crippen LogP contribution in [0.2, 0.25) is 0 Å². The minimum absolute atomic E-state index is 0.116. The van der Waals surface area contributed by atoms with Gasteiger partial charge in [-0.3, -0.25) is 0 Å². The summed E-state index contributed by atoms with van der Waals surface area (Å²) in [6.45, 7) is 4.62. The molecule has 4 rings (SSSR count). The number of anilines is 1. The first-order valence-electron chi connectivity index (χ1n) is 8.92. The Morgan fingerprint density at radius 1 is 1.23 bits per heavy atom. The Balaban J connectivity index is 1.38. The molecule has 1 aromatic heterocycles. The van der Waals surface area contributed by atoms with Crippen molar-refractivity contribution in [2.75, 3.05) is 42.6 Å². The summed E-state index contributed by atoms with van der Waals surface area (Å²) in [5.74, 6) is 0.635. The summed E-state index contributed by atoms with van der Waals surface area (Å²) in [6, 6.07) is 10.4. The molecule has 26 heavy (non-hydrogen) atoms. The second kappa shape index (κ2) is 7.13. The molecule has 1 atom stereocenters. The highest BCUT2D eigenvalue weighted by atomic mass is 32.2. The van der Waals surface area contributed by atoms with E-state index in [4.69, 9.17) is 16.6 Å². The SMILES string of the molecule is O=S1(=O)CC[C@H](c2nn(C[NH+]3CCN(c4ccccc4)CC3)c(=S)o2)C1. The average molecular weight is 396 g/mol. The number of piperazine rings is 1. The van der Waals surface area contributed by atoms with E-state index in [2.05, 4.69) is 34.3 Å². The molecule has 0 saturated carbocycles. The van der Waals surface area contributed by atoms with Gasteiger partial charge in [0.25, 0.3) is 4.84 Å². The Bertz CT molecular complexity index is 915. The molecule has 0 spiro atoms. The third-order valence-electron chi connectivity index (χ3n) is 5.17. The minimum Gasteiger partial charge on any atom is -0.413 e. The zero-order valence-electron chi connectivity index (χ0n) is 14.5. The van der Waals surface area contributed by atoms with Crippen LogP contribution in [0.5, 0.6) is 0 Å². The summed E-state index contributed by atoms with van der Waals surface area (Å²) in [6.07, 6.45) is 0.570. The van der Waals surface area contributed by atoms with Gasteiger partial charge >= 0.3 is 0 Å². The van der Waals surface area contributed by atoms with Crippen molar-refractivity contribution in [1.82, 2.24) is 9.78 Å². The molecule has 3 heterocycles. The van der Waals surface area contributed by atoms with Crippen molar-refractivity contribution >= 4 is 27.7 Å². The zero-order valence-corrected chi connectivity index (χ0v) is 16.1. The molecule has 7 nitrogen and oxygen atoms in total. The molecule has 0 unspecified atom stereocenters. The van der Waals surface area contributed by atoms with Crippen LogP contribution in [0.3, 0.4) is 0 Å². The lowest BCUT2D eigenvalue weighted by atomic mass is 10.1. The molecule has 2 aromatic rings. The van der Waals surface area contributed by atoms with Crippen LogP contribution in [0.25, 0.3) is 0 Å². The molecule has 0 amide bonds. The van der Waals surface area contributed by atoms with Crippen molar-refractivity contribution in [3.05, 3.63) is 41.1 Å². The molecule has 2 fully saturated rings. The summed E-state index contributed by atoms with van der Waals surface area (Å²) in [5.41, 5.74) is 1.26. The smallest absolute Gasteiger partial charge is 0.291 e. The monoisotopic (exact) mass is 395 g/mol. The normalized spacial score (nSPS) is 23.4. The largest absolute Gasteiger partial charge is 0.413 e. The van der Waals surface area contributed by atoms with Crippen molar-refractivity contribution in [1.29, 1.82) is 0 Å². The third kappa shape index (κ3) is 3.84. The number of aromatic nitrogens is 2. The quantitative estimate of drug-likeness (QED) is 0.759. The maximum absolute atomic E-state index is 11.7. The summed E-state index contributed by atoms with van der Waals surface area (Å²) < 4.78 is 30.6. The Kier molecular flexibility index (Phi) is 4.85. The maximum atomic E-state index is 11.7. The van der Waals surface area contributed by atoms with Crippen molar-refractivity contribution in [2.45, 2.75) is 19.0 Å². The fraction of sp³-hybridized carbons (Fsp3) is 0.529. The van der Waals surface area contributed by atoms with E-state index >= 15 is 0 Å². The lowest BCUT2D eigenvalue weighted by molar-refractivity contribution is -0.924. The molecule has 2 aliphatic rings. The number of benzene rings is 1. The van der Waals surface area contributed by atoms with E-state index in [0.717, 1.165) is 26.2 Å². The number of hydrogen-bond donors (Lipinski definition) is 1. The second-order valence-electron chi connectivity index (χ2n) is 7.04. The van der Waals surface area contributed by atoms with Crippen LogP contribution < -0.4 is 9.80 Å². The number of hydrogen-bond acceptors (Lipinski definition) is 6. The first-order valence-corrected chi connectivity index (χ1v) is 11.1. The number of nitrogens with one attached hydrogen (secondary N) is 1. The topological polar surface area (TPSA) is 72.8 Å². The summed E-state index contributed by atoms with van der Waals surface area (Å²) in [5, 5.41) is 4.48. The molecule has 2 aliphatic heterocycles. The minimum atomic E-state index is -2.96. The van der Waals surface area contributed by atoms with Gasteiger partial charge in [-0.05, 0) is 30.8 Å². The van der Waals surface area contributed by atoms with Gasteiger partial charge < -0.3 is 14.2 Å². The molecule has 9 heteroatoms. The van der Waals surface area contributed by atoms with Gasteiger partial charge in [-0.25, -0.2) is 8.42 Å². The van der Waals surface area contributed by atoms with Gasteiger partial charge in [-0.2, -0.15) is 4.68 Å². The van der Waals surface area contributed by atoms with Gasteiger partial charge in [0.1, 0.15) is 0 Å². The predicted molar refractivity (Wildman–Crippen MR) is 101 cm³/mol. The predicted octanol–water partition coefficient (Wildman–Crippen LogP) is 0.470. The number of rotatable bonds is 4. The van der Waals surface area contributed by atoms with E-state index in [-0.39, 0.29) is 17.4 Å². The van der Waals surface area contributed by atoms with Gasteiger partial charge in [0.2, 0.25) is 5.89 Å². The Morgan fingerprint density at radius 3 is 2.62 bits per heavy atom. The van der Waals surface area contributed by atoms with Crippen LogP contribution in [0.15, 0.2) is 34.7 Å². The van der Waals surface area contributed by atoms with E-state index in [1.165, 1.54) is 10.6 Å². The van der Waals surface area contributed by atoms with Crippen LogP contribution in [-0.4, -0.2) is 55.9 Å². The van der Waals surface area contributed by atoms with Crippen molar-refractivity contribution in [3.63, 3.8) is 0 Å². The second-order valence-corrected chi connectivity index (χ2v) is 9.61. The maximum Gasteiger partial charge on any atom is 0.291 e. The van der Waals surface area contributed by atoms with Crippen LogP contribution in [0.1, 0.15) is 18.2 Å². The Hall–Kier alpha value is -1.71. The summed E-state index contributed by atoms with van der Waals surface area (Å²) >= 11 is 5.29. The van der Waals surface area contributed by atoms with E-state index in [1.54, 1.807) is 4.68 Å².